The molecule has 0 unspecified atom stereocenters. The number of nitrogens with zero attached hydrogens (tertiary/aromatic N) is 4. The largest absolute Gasteiger partial charge is 0.478 e. The molecule has 43 heavy (non-hydrogen) atoms. The Hall–Kier alpha value is -4.85. The molecule has 0 aliphatic rings. The molecule has 5 aromatic rings. The second-order valence-electron chi connectivity index (χ2n) is 9.81. The number of fused-ring (bicyclic) bond motifs is 1. The number of pyridine rings is 1. The highest BCUT2D eigenvalue weighted by atomic mass is 35.5. The number of aromatic nitrogens is 3. The van der Waals surface area contributed by atoms with E-state index in [4.69, 9.17) is 26.3 Å². The summed E-state index contributed by atoms with van der Waals surface area (Å²) in [5.74, 6) is -1.70. The first-order chi connectivity index (χ1) is 20.7. The molecule has 11 heteroatoms. The molecule has 1 N–H and O–H groups in total. The number of rotatable bonds is 10. The Labute approximate surface area is 250 Å². The van der Waals surface area contributed by atoms with E-state index in [1.54, 1.807) is 35.9 Å². The maximum atomic E-state index is 14.8. The Morgan fingerprint density at radius 2 is 1.88 bits per heavy atom. The highest BCUT2D eigenvalue weighted by Gasteiger charge is 2.19. The van der Waals surface area contributed by atoms with Gasteiger partial charge >= 0.3 is 5.97 Å². The predicted molar refractivity (Wildman–Crippen MR) is 156 cm³/mol. The smallest absolute Gasteiger partial charge is 0.335 e. The third-order valence-corrected chi connectivity index (χ3v) is 7.30. The average Bonchev–Trinajstić information content (AvgIpc) is 3.34. The van der Waals surface area contributed by atoms with Crippen LogP contribution >= 0.6 is 11.6 Å². The number of aryl methyl sites for hydroxylation is 1. The molecule has 0 atom stereocenters. The molecule has 0 fully saturated rings. The minimum absolute atomic E-state index is 0.0642. The quantitative estimate of drug-likeness (QED) is 0.189. The van der Waals surface area contributed by atoms with Gasteiger partial charge in [0.2, 0.25) is 5.88 Å². The molecule has 0 spiro atoms. The van der Waals surface area contributed by atoms with Crippen LogP contribution in [0, 0.1) is 29.9 Å². The highest BCUT2D eigenvalue weighted by Crippen LogP contribution is 2.32. The Morgan fingerprint density at radius 1 is 1.07 bits per heavy atom. The van der Waals surface area contributed by atoms with Crippen LogP contribution in [-0.2, 0) is 24.3 Å². The number of benzene rings is 3. The lowest BCUT2D eigenvalue weighted by molar-refractivity contribution is 0.0696. The monoisotopic (exact) mass is 602 g/mol. The van der Waals surface area contributed by atoms with E-state index < -0.39 is 17.6 Å². The van der Waals surface area contributed by atoms with Gasteiger partial charge in [-0.25, -0.2) is 23.5 Å². The maximum absolute atomic E-state index is 14.8. The molecule has 0 saturated heterocycles. The molecular weight excluding hydrogens is 578 g/mol. The minimum Gasteiger partial charge on any atom is -0.478 e. The van der Waals surface area contributed by atoms with E-state index in [-0.39, 0.29) is 35.6 Å². The number of hydrogen-bond donors (Lipinski definition) is 1. The molecule has 2 aromatic heterocycles. The van der Waals surface area contributed by atoms with Crippen molar-refractivity contribution in [3.63, 3.8) is 0 Å². The van der Waals surface area contributed by atoms with Crippen molar-refractivity contribution in [1.29, 1.82) is 5.26 Å². The molecule has 0 amide bonds. The summed E-state index contributed by atoms with van der Waals surface area (Å²) in [6.45, 7) is 2.49. The molecule has 5 rings (SSSR count). The van der Waals surface area contributed by atoms with Gasteiger partial charge in [0, 0.05) is 42.3 Å². The number of methoxy groups -OCH3 is 1. The molecule has 0 saturated carbocycles. The van der Waals surface area contributed by atoms with Gasteiger partial charge in [-0.2, -0.15) is 5.26 Å². The van der Waals surface area contributed by atoms with Crippen LogP contribution in [0.5, 0.6) is 5.88 Å². The number of ether oxygens (including phenoxy) is 2. The molecule has 0 radical (unpaired) electrons. The van der Waals surface area contributed by atoms with Crippen molar-refractivity contribution in [2.75, 3.05) is 13.7 Å². The zero-order valence-electron chi connectivity index (χ0n) is 23.2. The van der Waals surface area contributed by atoms with E-state index in [1.807, 2.05) is 19.1 Å². The Balaban J connectivity index is 1.42. The van der Waals surface area contributed by atoms with Gasteiger partial charge in [-0.15, -0.1) is 0 Å². The molecule has 2 heterocycles. The first kappa shape index (κ1) is 29.6. The Morgan fingerprint density at radius 3 is 2.60 bits per heavy atom. The van der Waals surface area contributed by atoms with Gasteiger partial charge in [0.05, 0.1) is 35.0 Å². The summed E-state index contributed by atoms with van der Waals surface area (Å²) in [6.07, 6.45) is 0.257. The fourth-order valence-corrected chi connectivity index (χ4v) is 5.00. The molecule has 0 aliphatic heterocycles. The van der Waals surface area contributed by atoms with E-state index in [9.17, 15) is 18.7 Å². The lowest BCUT2D eigenvalue weighted by Crippen LogP contribution is -2.10. The lowest BCUT2D eigenvalue weighted by Gasteiger charge is -2.13. The van der Waals surface area contributed by atoms with Crippen molar-refractivity contribution >= 4 is 28.6 Å². The van der Waals surface area contributed by atoms with Crippen molar-refractivity contribution in [1.82, 2.24) is 14.5 Å². The van der Waals surface area contributed by atoms with E-state index in [0.717, 1.165) is 28.8 Å². The summed E-state index contributed by atoms with van der Waals surface area (Å²) in [4.78, 5) is 20.6. The van der Waals surface area contributed by atoms with Crippen molar-refractivity contribution in [2.45, 2.75) is 26.5 Å². The number of carbonyl (C=O) groups is 1. The number of carboxylic acid groups (broad SMARTS) is 1. The van der Waals surface area contributed by atoms with Gasteiger partial charge < -0.3 is 19.1 Å². The summed E-state index contributed by atoms with van der Waals surface area (Å²) in [6, 6.07) is 17.4. The third kappa shape index (κ3) is 6.33. The van der Waals surface area contributed by atoms with Gasteiger partial charge in [-0.1, -0.05) is 29.8 Å². The van der Waals surface area contributed by atoms with E-state index in [1.165, 1.54) is 18.2 Å². The van der Waals surface area contributed by atoms with E-state index in [2.05, 4.69) is 9.97 Å². The minimum atomic E-state index is -1.24. The normalized spacial score (nSPS) is 11.1. The number of carboxylic acids is 1. The van der Waals surface area contributed by atoms with Gasteiger partial charge in [-0.05, 0) is 54.4 Å². The molecule has 8 nitrogen and oxygen atoms in total. The first-order valence-corrected chi connectivity index (χ1v) is 13.5. The highest BCUT2D eigenvalue weighted by molar-refractivity contribution is 6.31. The Kier molecular flexibility index (Phi) is 8.66. The molecule has 0 aliphatic carbocycles. The summed E-state index contributed by atoms with van der Waals surface area (Å²) >= 11 is 6.74. The van der Waals surface area contributed by atoms with Crippen LogP contribution in [0.25, 0.3) is 22.3 Å². The Bertz CT molecular complexity index is 1900. The van der Waals surface area contributed by atoms with Crippen molar-refractivity contribution in [3.8, 4) is 23.2 Å². The molecule has 218 valence electrons. The van der Waals surface area contributed by atoms with Crippen molar-refractivity contribution in [2.24, 2.45) is 0 Å². The second-order valence-corrected chi connectivity index (χ2v) is 10.2. The van der Waals surface area contributed by atoms with Crippen molar-refractivity contribution in [3.05, 3.63) is 111 Å². The molecule has 3 aromatic carbocycles. The van der Waals surface area contributed by atoms with E-state index in [0.29, 0.717) is 40.8 Å². The van der Waals surface area contributed by atoms with Crippen LogP contribution in [-0.4, -0.2) is 39.3 Å². The zero-order chi connectivity index (χ0) is 30.7. The number of imidazole rings is 1. The number of aromatic carboxylic acids is 1. The summed E-state index contributed by atoms with van der Waals surface area (Å²) in [5.41, 5.74) is 3.73. The van der Waals surface area contributed by atoms with Crippen LogP contribution in [0.1, 0.15) is 38.4 Å². The lowest BCUT2D eigenvalue weighted by atomic mass is 10.00. The number of hydrogen-bond acceptors (Lipinski definition) is 6. The van der Waals surface area contributed by atoms with E-state index >= 15 is 0 Å². The summed E-state index contributed by atoms with van der Waals surface area (Å²) in [7, 11) is 1.54. The SMILES string of the molecule is COCCn1c(Cc2cc(C)c(-c3cccc(OCc4ccc(C#N)cc4F)n3)cc2Cl)nc2c(F)cc(C(=O)O)cc21. The standard InChI is InChI=1S/C32H25ClF2N4O4/c1-18-10-21(14-29-38-31-26(35)12-22(32(40)41)13-28(31)39(29)8-9-42-2)24(33)15-23(18)27-4-3-5-30(37-27)43-17-20-7-6-19(16-36)11-25(20)34/h3-7,10-13,15H,8-9,14,17H2,1-2H3,(H,40,41). The summed E-state index contributed by atoms with van der Waals surface area (Å²) in [5, 5.41) is 18.8. The van der Waals surface area contributed by atoms with Gasteiger partial charge in [0.15, 0.2) is 5.82 Å². The topological polar surface area (TPSA) is 110 Å². The summed E-state index contributed by atoms with van der Waals surface area (Å²) < 4.78 is 41.8. The van der Waals surface area contributed by atoms with Crippen LogP contribution in [0.2, 0.25) is 5.02 Å². The van der Waals surface area contributed by atoms with Crippen LogP contribution in [0.4, 0.5) is 8.78 Å². The van der Waals surface area contributed by atoms with Gasteiger partial charge in [0.1, 0.15) is 23.8 Å². The van der Waals surface area contributed by atoms with Gasteiger partial charge in [0.25, 0.3) is 0 Å². The second kappa shape index (κ2) is 12.6. The van der Waals surface area contributed by atoms with Crippen LogP contribution < -0.4 is 4.74 Å². The fourth-order valence-electron chi connectivity index (χ4n) is 4.77. The number of nitriles is 1. The maximum Gasteiger partial charge on any atom is 0.335 e. The predicted octanol–water partition coefficient (Wildman–Crippen LogP) is 6.72. The average molecular weight is 603 g/mol. The fraction of sp³-hybridized carbons (Fsp3) is 0.188. The molecular formula is C32H25ClF2N4O4. The van der Waals surface area contributed by atoms with Crippen molar-refractivity contribution < 1.29 is 28.2 Å². The van der Waals surface area contributed by atoms with Gasteiger partial charge in [-0.3, -0.25) is 0 Å². The first-order valence-electron chi connectivity index (χ1n) is 13.2. The van der Waals surface area contributed by atoms with Crippen LogP contribution in [0.3, 0.4) is 0 Å². The van der Waals surface area contributed by atoms with Crippen LogP contribution in [0.15, 0.2) is 60.7 Å². The molecule has 0 bridgehead atoms. The third-order valence-electron chi connectivity index (χ3n) is 6.95. The number of halogens is 3. The zero-order valence-corrected chi connectivity index (χ0v) is 24.0.